The van der Waals surface area contributed by atoms with Crippen LogP contribution in [0.2, 0.25) is 0 Å². The molecule has 1 aliphatic rings. The number of hydrogen-bond acceptors (Lipinski definition) is 4. The Labute approximate surface area is 141 Å². The number of carbonyl (C=O) groups is 1. The second-order valence-electron chi connectivity index (χ2n) is 6.05. The Bertz CT molecular complexity index is 636. The molecule has 1 fully saturated rings. The molecule has 2 aromatic rings. The first-order valence-electron chi connectivity index (χ1n) is 8.46. The van der Waals surface area contributed by atoms with Gasteiger partial charge >= 0.3 is 6.03 Å². The Morgan fingerprint density at radius 1 is 1.21 bits per heavy atom. The minimum Gasteiger partial charge on any atom is -0.487 e. The molecule has 0 aliphatic heterocycles. The topological polar surface area (TPSA) is 76.4 Å². The van der Waals surface area contributed by atoms with Crippen LogP contribution in [0.15, 0.2) is 40.9 Å². The van der Waals surface area contributed by atoms with Crippen LogP contribution in [0.3, 0.4) is 0 Å². The molecule has 24 heavy (non-hydrogen) atoms. The molecule has 1 saturated carbocycles. The summed E-state index contributed by atoms with van der Waals surface area (Å²) < 4.78 is 10.8. The van der Waals surface area contributed by atoms with Crippen molar-refractivity contribution in [3.63, 3.8) is 0 Å². The number of carbonyl (C=O) groups excluding carboxylic acids is 1. The van der Waals surface area contributed by atoms with Gasteiger partial charge in [0.05, 0.1) is 6.54 Å². The molecule has 3 rings (SSSR count). The predicted molar refractivity (Wildman–Crippen MR) is 89.5 cm³/mol. The highest BCUT2D eigenvalue weighted by molar-refractivity contribution is 5.74. The highest BCUT2D eigenvalue weighted by Gasteiger charge is 2.15. The maximum Gasteiger partial charge on any atom is 0.315 e. The van der Waals surface area contributed by atoms with E-state index < -0.39 is 0 Å². The smallest absolute Gasteiger partial charge is 0.315 e. The highest BCUT2D eigenvalue weighted by Crippen LogP contribution is 2.17. The fraction of sp³-hybridized carbons (Fsp3) is 0.444. The van der Waals surface area contributed by atoms with Crippen molar-refractivity contribution in [1.82, 2.24) is 15.8 Å². The van der Waals surface area contributed by atoms with Gasteiger partial charge in [0.25, 0.3) is 0 Å². The van der Waals surface area contributed by atoms with Gasteiger partial charge in [0, 0.05) is 12.1 Å². The average molecular weight is 329 g/mol. The van der Waals surface area contributed by atoms with Crippen LogP contribution < -0.4 is 15.4 Å². The van der Waals surface area contributed by atoms with Crippen molar-refractivity contribution < 1.29 is 14.1 Å². The van der Waals surface area contributed by atoms with Gasteiger partial charge in [0.2, 0.25) is 0 Å². The highest BCUT2D eigenvalue weighted by atomic mass is 16.5. The Morgan fingerprint density at radius 3 is 2.79 bits per heavy atom. The van der Waals surface area contributed by atoms with Gasteiger partial charge in [-0.3, -0.25) is 0 Å². The lowest BCUT2D eigenvalue weighted by Crippen LogP contribution is -2.42. The van der Waals surface area contributed by atoms with E-state index in [4.69, 9.17) is 9.26 Å². The van der Waals surface area contributed by atoms with E-state index in [1.165, 1.54) is 19.3 Å². The normalized spacial score (nSPS) is 15.0. The van der Waals surface area contributed by atoms with Crippen molar-refractivity contribution in [1.29, 1.82) is 0 Å². The number of hydrogen-bond donors (Lipinski definition) is 2. The molecule has 1 heterocycles. The van der Waals surface area contributed by atoms with Crippen molar-refractivity contribution >= 4 is 6.03 Å². The van der Waals surface area contributed by atoms with Gasteiger partial charge in [0.15, 0.2) is 5.76 Å². The monoisotopic (exact) mass is 329 g/mol. The van der Waals surface area contributed by atoms with Gasteiger partial charge in [-0.15, -0.1) is 0 Å². The van der Waals surface area contributed by atoms with E-state index >= 15 is 0 Å². The predicted octanol–water partition coefficient (Wildman–Crippen LogP) is 3.39. The number of nitrogens with zero attached hydrogens (tertiary/aromatic N) is 1. The van der Waals surface area contributed by atoms with Crippen molar-refractivity contribution in [3.05, 3.63) is 47.9 Å². The number of para-hydroxylation sites is 1. The van der Waals surface area contributed by atoms with Crippen molar-refractivity contribution in [2.75, 3.05) is 0 Å². The van der Waals surface area contributed by atoms with Gasteiger partial charge in [0.1, 0.15) is 18.1 Å². The second kappa shape index (κ2) is 8.38. The third-order valence-corrected chi connectivity index (χ3v) is 4.10. The van der Waals surface area contributed by atoms with E-state index in [0.29, 0.717) is 30.6 Å². The molecule has 128 valence electrons. The minimum absolute atomic E-state index is 0.152. The van der Waals surface area contributed by atoms with Crippen LogP contribution in [0.4, 0.5) is 4.79 Å². The Hall–Kier alpha value is -2.50. The molecule has 1 aliphatic carbocycles. The van der Waals surface area contributed by atoms with Crippen LogP contribution in [-0.4, -0.2) is 17.2 Å². The molecule has 6 heteroatoms. The molecular formula is C18H23N3O3. The molecular weight excluding hydrogens is 306 g/mol. The van der Waals surface area contributed by atoms with Crippen LogP contribution in [0.1, 0.15) is 43.6 Å². The molecule has 0 spiro atoms. The van der Waals surface area contributed by atoms with Gasteiger partial charge in [-0.05, 0) is 25.0 Å². The Morgan fingerprint density at radius 2 is 2.00 bits per heavy atom. The Kier molecular flexibility index (Phi) is 5.71. The molecule has 2 amide bonds. The summed E-state index contributed by atoms with van der Waals surface area (Å²) in [6.45, 7) is 0.651. The van der Waals surface area contributed by atoms with Gasteiger partial charge in [-0.25, -0.2) is 4.79 Å². The largest absolute Gasteiger partial charge is 0.487 e. The lowest BCUT2D eigenvalue weighted by Gasteiger charge is -2.22. The molecule has 1 aromatic carbocycles. The lowest BCUT2D eigenvalue weighted by atomic mass is 9.96. The number of urea groups is 1. The average Bonchev–Trinajstić information content (AvgIpc) is 3.08. The van der Waals surface area contributed by atoms with Gasteiger partial charge in [-0.1, -0.05) is 42.6 Å². The number of nitrogens with one attached hydrogen (secondary N) is 2. The van der Waals surface area contributed by atoms with E-state index in [0.717, 1.165) is 18.6 Å². The molecule has 1 aromatic heterocycles. The zero-order valence-corrected chi connectivity index (χ0v) is 13.7. The molecule has 2 N–H and O–H groups in total. The molecule has 0 unspecified atom stereocenters. The first-order chi connectivity index (χ1) is 11.8. The summed E-state index contributed by atoms with van der Waals surface area (Å²) in [5.74, 6) is 1.40. The summed E-state index contributed by atoms with van der Waals surface area (Å²) in [5.41, 5.74) is 0.698. The molecule has 0 radical (unpaired) electrons. The van der Waals surface area contributed by atoms with Crippen molar-refractivity contribution in [3.8, 4) is 5.75 Å². The second-order valence-corrected chi connectivity index (χ2v) is 6.05. The minimum atomic E-state index is -0.152. The van der Waals surface area contributed by atoms with Gasteiger partial charge in [-0.2, -0.15) is 0 Å². The summed E-state index contributed by atoms with van der Waals surface area (Å²) >= 11 is 0. The summed E-state index contributed by atoms with van der Waals surface area (Å²) in [6, 6.07) is 11.5. The molecule has 0 saturated heterocycles. The maximum absolute atomic E-state index is 11.9. The van der Waals surface area contributed by atoms with Crippen LogP contribution in [-0.2, 0) is 13.2 Å². The van der Waals surface area contributed by atoms with E-state index in [9.17, 15) is 4.79 Å². The van der Waals surface area contributed by atoms with Crippen LogP contribution in [0.5, 0.6) is 5.75 Å². The van der Waals surface area contributed by atoms with Crippen molar-refractivity contribution in [2.24, 2.45) is 0 Å². The number of ether oxygens (including phenoxy) is 1. The zero-order valence-electron chi connectivity index (χ0n) is 13.7. The van der Waals surface area contributed by atoms with Gasteiger partial charge < -0.3 is 19.9 Å². The number of rotatable bonds is 6. The first kappa shape index (κ1) is 16.4. The molecule has 0 bridgehead atoms. The number of benzene rings is 1. The molecule has 6 nitrogen and oxygen atoms in total. The standard InChI is InChI=1S/C18H23N3O3/c22-18(20-14-7-3-1-4-8-14)19-12-17-11-15(21-24-17)13-23-16-9-5-2-6-10-16/h2,5-6,9-11,14H,1,3-4,7-8,12-13H2,(H2,19,20,22). The number of amides is 2. The van der Waals surface area contributed by atoms with E-state index in [2.05, 4.69) is 15.8 Å². The van der Waals surface area contributed by atoms with E-state index in [1.807, 2.05) is 30.3 Å². The molecule has 0 atom stereocenters. The van der Waals surface area contributed by atoms with E-state index in [-0.39, 0.29) is 6.03 Å². The summed E-state index contributed by atoms with van der Waals surface area (Å²) in [7, 11) is 0. The summed E-state index contributed by atoms with van der Waals surface area (Å²) in [4.78, 5) is 11.9. The fourth-order valence-corrected chi connectivity index (χ4v) is 2.83. The summed E-state index contributed by atoms with van der Waals surface area (Å²) in [5, 5.41) is 9.77. The lowest BCUT2D eigenvalue weighted by molar-refractivity contribution is 0.230. The fourth-order valence-electron chi connectivity index (χ4n) is 2.83. The zero-order chi connectivity index (χ0) is 16.6. The quantitative estimate of drug-likeness (QED) is 0.852. The van der Waals surface area contributed by atoms with E-state index in [1.54, 1.807) is 6.07 Å². The van der Waals surface area contributed by atoms with Crippen LogP contribution in [0, 0.1) is 0 Å². The third kappa shape index (κ3) is 5.01. The third-order valence-electron chi connectivity index (χ3n) is 4.10. The SMILES string of the molecule is O=C(NCc1cc(COc2ccccc2)no1)NC1CCCCC1. The Balaban J connectivity index is 1.40. The number of aromatic nitrogens is 1. The summed E-state index contributed by atoms with van der Waals surface area (Å²) in [6.07, 6.45) is 5.79. The maximum atomic E-state index is 11.9. The van der Waals surface area contributed by atoms with Crippen molar-refractivity contribution in [2.45, 2.75) is 51.3 Å². The van der Waals surface area contributed by atoms with Crippen LogP contribution in [0.25, 0.3) is 0 Å². The van der Waals surface area contributed by atoms with Crippen LogP contribution >= 0.6 is 0 Å². The first-order valence-corrected chi connectivity index (χ1v) is 8.46.